The molecule has 0 aliphatic carbocycles. The predicted octanol–water partition coefficient (Wildman–Crippen LogP) is 11.8. The topological polar surface area (TPSA) is 52.5 Å². The van der Waals surface area contributed by atoms with Gasteiger partial charge in [0.2, 0.25) is 0 Å². The van der Waals surface area contributed by atoms with Crippen LogP contribution >= 0.6 is 0 Å². The molecule has 0 N–H and O–H groups in total. The largest absolute Gasteiger partial charge is 0.309 e. The van der Waals surface area contributed by atoms with Crippen LogP contribution in [0.2, 0.25) is 0 Å². The van der Waals surface area contributed by atoms with Crippen molar-refractivity contribution in [3.63, 3.8) is 0 Å². The molecule has 0 bridgehead atoms. The summed E-state index contributed by atoms with van der Waals surface area (Å²) in [6.45, 7) is 0. The van der Waals surface area contributed by atoms with Crippen molar-refractivity contribution in [2.24, 2.45) is 0 Å². The maximum Gasteiger partial charge on any atom is 0.0998 e. The quantitative estimate of drug-likeness (QED) is 0.184. The summed E-state index contributed by atoms with van der Waals surface area (Å²) in [5.41, 5.74) is 10.2. The lowest BCUT2D eigenvalue weighted by Crippen LogP contribution is -1.97. The highest BCUT2D eigenvalue weighted by Crippen LogP contribution is 2.45. The minimum atomic E-state index is 0.541. The van der Waals surface area contributed by atoms with Gasteiger partial charge in [-0.25, -0.2) is 0 Å². The lowest BCUT2D eigenvalue weighted by molar-refractivity contribution is 1.18. The molecule has 0 atom stereocenters. The molecular formula is C46H27N3. The molecule has 8 aromatic carbocycles. The van der Waals surface area contributed by atoms with Crippen LogP contribution in [-0.4, -0.2) is 4.57 Å². The zero-order valence-electron chi connectivity index (χ0n) is 26.4. The van der Waals surface area contributed by atoms with Crippen LogP contribution in [0.3, 0.4) is 0 Å². The normalized spacial score (nSPS) is 11.2. The second kappa shape index (κ2) is 11.4. The van der Waals surface area contributed by atoms with Crippen molar-refractivity contribution < 1.29 is 0 Å². The lowest BCUT2D eigenvalue weighted by atomic mass is 9.84. The molecule has 0 saturated heterocycles. The van der Waals surface area contributed by atoms with Gasteiger partial charge in [-0.2, -0.15) is 10.5 Å². The fraction of sp³-hybridized carbons (Fsp3) is 0. The number of benzene rings is 8. The third kappa shape index (κ3) is 4.49. The van der Waals surface area contributed by atoms with Crippen LogP contribution in [0.5, 0.6) is 0 Å². The molecule has 0 saturated carbocycles. The molecule has 0 spiro atoms. The van der Waals surface area contributed by atoms with Gasteiger partial charge in [0.25, 0.3) is 0 Å². The fourth-order valence-electron chi connectivity index (χ4n) is 7.56. The predicted molar refractivity (Wildman–Crippen MR) is 202 cm³/mol. The highest BCUT2D eigenvalue weighted by molar-refractivity contribution is 6.21. The average Bonchev–Trinajstić information content (AvgIpc) is 3.51. The third-order valence-electron chi connectivity index (χ3n) is 9.62. The Kier molecular flexibility index (Phi) is 6.58. The first-order valence-corrected chi connectivity index (χ1v) is 16.3. The molecule has 1 heterocycles. The van der Waals surface area contributed by atoms with Gasteiger partial charge in [-0.05, 0) is 97.9 Å². The Morgan fingerprint density at radius 3 is 1.43 bits per heavy atom. The number of fused-ring (bicyclic) bond motifs is 5. The summed E-state index contributed by atoms with van der Waals surface area (Å²) in [6, 6.07) is 61.3. The van der Waals surface area contributed by atoms with Gasteiger partial charge in [-0.15, -0.1) is 0 Å². The standard InChI is InChI=1S/C46H27N3/c47-28-30-24-33(42-27-35(23-22-32(42)29-48)49-43-20-10-8-14-36(43)37-15-9-11-21-44(37)49)26-34(25-30)46-40-18-6-4-16-38(40)45(31-12-2-1-3-13-31)39-17-5-7-19-41(39)46/h1-27H. The minimum absolute atomic E-state index is 0.541. The van der Waals surface area contributed by atoms with E-state index < -0.39 is 0 Å². The molecule has 0 unspecified atom stereocenters. The molecule has 0 radical (unpaired) electrons. The monoisotopic (exact) mass is 621 g/mol. The molecule has 49 heavy (non-hydrogen) atoms. The van der Waals surface area contributed by atoms with E-state index in [2.05, 4.69) is 150 Å². The van der Waals surface area contributed by atoms with Gasteiger partial charge in [-0.1, -0.05) is 115 Å². The molecule has 0 amide bonds. The number of hydrogen-bond donors (Lipinski definition) is 0. The van der Waals surface area contributed by atoms with Crippen molar-refractivity contribution in [2.75, 3.05) is 0 Å². The van der Waals surface area contributed by atoms with Crippen LogP contribution in [0, 0.1) is 22.7 Å². The number of para-hydroxylation sites is 2. The van der Waals surface area contributed by atoms with E-state index in [1.54, 1.807) is 0 Å². The smallest absolute Gasteiger partial charge is 0.0998 e. The minimum Gasteiger partial charge on any atom is -0.309 e. The Bertz CT molecular complexity index is 2740. The number of hydrogen-bond acceptors (Lipinski definition) is 2. The van der Waals surface area contributed by atoms with Gasteiger partial charge in [0.1, 0.15) is 0 Å². The molecule has 9 rings (SSSR count). The van der Waals surface area contributed by atoms with Crippen molar-refractivity contribution in [1.82, 2.24) is 4.57 Å². The summed E-state index contributed by atoms with van der Waals surface area (Å²) in [7, 11) is 0. The Hall–Kier alpha value is -6.94. The second-order valence-corrected chi connectivity index (χ2v) is 12.3. The van der Waals surface area contributed by atoms with Gasteiger partial charge in [-0.3, -0.25) is 0 Å². The molecule has 0 aliphatic heterocycles. The van der Waals surface area contributed by atoms with Crippen molar-refractivity contribution in [3.8, 4) is 51.2 Å². The van der Waals surface area contributed by atoms with Gasteiger partial charge in [0.05, 0.1) is 34.3 Å². The van der Waals surface area contributed by atoms with E-state index in [0.29, 0.717) is 11.1 Å². The van der Waals surface area contributed by atoms with E-state index in [9.17, 15) is 10.5 Å². The Morgan fingerprint density at radius 1 is 0.388 bits per heavy atom. The van der Waals surface area contributed by atoms with Gasteiger partial charge < -0.3 is 4.57 Å². The van der Waals surface area contributed by atoms with Crippen LogP contribution in [0.1, 0.15) is 11.1 Å². The number of aromatic nitrogens is 1. The summed E-state index contributed by atoms with van der Waals surface area (Å²) < 4.78 is 2.26. The van der Waals surface area contributed by atoms with Crippen molar-refractivity contribution >= 4 is 43.4 Å². The summed E-state index contributed by atoms with van der Waals surface area (Å²) >= 11 is 0. The highest BCUT2D eigenvalue weighted by Gasteiger charge is 2.19. The van der Waals surface area contributed by atoms with Crippen molar-refractivity contribution in [2.45, 2.75) is 0 Å². The lowest BCUT2D eigenvalue weighted by Gasteiger charge is -2.19. The van der Waals surface area contributed by atoms with Crippen LogP contribution in [0.4, 0.5) is 0 Å². The summed E-state index contributed by atoms with van der Waals surface area (Å²) in [6.07, 6.45) is 0. The molecular weight excluding hydrogens is 595 g/mol. The summed E-state index contributed by atoms with van der Waals surface area (Å²) in [4.78, 5) is 0. The zero-order valence-corrected chi connectivity index (χ0v) is 26.4. The fourth-order valence-corrected chi connectivity index (χ4v) is 7.56. The van der Waals surface area contributed by atoms with Crippen LogP contribution in [-0.2, 0) is 0 Å². The van der Waals surface area contributed by atoms with Crippen molar-refractivity contribution in [3.05, 3.63) is 175 Å². The third-order valence-corrected chi connectivity index (χ3v) is 9.62. The molecule has 3 heteroatoms. The summed E-state index contributed by atoms with van der Waals surface area (Å²) in [5, 5.41) is 27.6. The van der Waals surface area contributed by atoms with E-state index in [1.807, 2.05) is 30.3 Å². The Labute approximate surface area is 283 Å². The maximum absolute atomic E-state index is 10.4. The molecule has 0 fully saturated rings. The maximum atomic E-state index is 10.4. The average molecular weight is 622 g/mol. The molecule has 0 aliphatic rings. The van der Waals surface area contributed by atoms with E-state index in [4.69, 9.17) is 0 Å². The van der Waals surface area contributed by atoms with Gasteiger partial charge in [0, 0.05) is 22.0 Å². The highest BCUT2D eigenvalue weighted by atomic mass is 15.0. The van der Waals surface area contributed by atoms with Gasteiger partial charge in [0.15, 0.2) is 0 Å². The first kappa shape index (κ1) is 28.3. The first-order chi connectivity index (χ1) is 24.2. The number of nitrogens with zero attached hydrogens (tertiary/aromatic N) is 3. The van der Waals surface area contributed by atoms with E-state index >= 15 is 0 Å². The van der Waals surface area contributed by atoms with Gasteiger partial charge >= 0.3 is 0 Å². The second-order valence-electron chi connectivity index (χ2n) is 12.3. The van der Waals surface area contributed by atoms with Crippen LogP contribution in [0.25, 0.3) is 82.4 Å². The number of nitriles is 2. The number of rotatable bonds is 4. The van der Waals surface area contributed by atoms with Crippen LogP contribution < -0.4 is 0 Å². The Balaban J connectivity index is 1.32. The van der Waals surface area contributed by atoms with Crippen LogP contribution in [0.15, 0.2) is 164 Å². The Morgan fingerprint density at radius 2 is 0.878 bits per heavy atom. The summed E-state index contributed by atoms with van der Waals surface area (Å²) in [5.74, 6) is 0. The molecule has 226 valence electrons. The SMILES string of the molecule is N#Cc1cc(-c2cc(-n3c4ccccc4c4ccccc43)ccc2C#N)cc(-c2c3ccccc3c(-c3ccccc3)c3ccccc23)c1. The van der Waals surface area contributed by atoms with E-state index in [1.165, 1.54) is 16.3 Å². The molecule has 9 aromatic rings. The van der Waals surface area contributed by atoms with E-state index in [0.717, 1.165) is 66.1 Å². The van der Waals surface area contributed by atoms with E-state index in [-0.39, 0.29) is 0 Å². The molecule has 3 nitrogen and oxygen atoms in total. The van der Waals surface area contributed by atoms with Crippen molar-refractivity contribution in [1.29, 1.82) is 10.5 Å². The molecule has 1 aromatic heterocycles. The zero-order chi connectivity index (χ0) is 32.9. The first-order valence-electron chi connectivity index (χ1n) is 16.3.